The first-order chi connectivity index (χ1) is 27.1. The van der Waals surface area contributed by atoms with E-state index < -0.39 is 52.6 Å². The normalized spacial score (nSPS) is 23.3. The maximum absolute atomic E-state index is 14.3. The van der Waals surface area contributed by atoms with Crippen LogP contribution in [0.1, 0.15) is 115 Å². The molecule has 0 radical (unpaired) electrons. The van der Waals surface area contributed by atoms with Crippen molar-refractivity contribution in [3.8, 4) is 17.6 Å². The largest absolute Gasteiger partial charge is 0.494 e. The van der Waals surface area contributed by atoms with Gasteiger partial charge in [0.05, 0.1) is 52.2 Å². The lowest BCUT2D eigenvalue weighted by molar-refractivity contribution is -0.216. The van der Waals surface area contributed by atoms with Crippen molar-refractivity contribution in [1.29, 1.82) is 5.26 Å². The number of nitrogens with two attached hydrogens (primary N) is 1. The van der Waals surface area contributed by atoms with Crippen LogP contribution in [0.2, 0.25) is 5.02 Å². The van der Waals surface area contributed by atoms with E-state index in [0.29, 0.717) is 29.2 Å². The fourth-order valence-corrected chi connectivity index (χ4v) is 9.87. The molecule has 2 N–H and O–H groups in total. The van der Waals surface area contributed by atoms with Gasteiger partial charge >= 0.3 is 0 Å². The van der Waals surface area contributed by atoms with Gasteiger partial charge in [0.2, 0.25) is 5.91 Å². The highest BCUT2D eigenvalue weighted by Gasteiger charge is 2.68. The Balaban J connectivity index is 0.914. The summed E-state index contributed by atoms with van der Waals surface area (Å²) in [7, 11) is 0. The van der Waals surface area contributed by atoms with Gasteiger partial charge in [-0.3, -0.25) is 38.5 Å². The molecule has 15 heteroatoms. The zero-order chi connectivity index (χ0) is 40.8. The van der Waals surface area contributed by atoms with Crippen LogP contribution in [-0.4, -0.2) is 98.4 Å². The van der Waals surface area contributed by atoms with Crippen molar-refractivity contribution in [3.63, 3.8) is 0 Å². The first-order valence-electron chi connectivity index (χ1n) is 19.6. The molecule has 300 valence electrons. The number of primary amides is 1. The topological polar surface area (TPSA) is 181 Å². The number of piperidine rings is 2. The summed E-state index contributed by atoms with van der Waals surface area (Å²) in [5, 5.41) is 13.8. The van der Waals surface area contributed by atoms with Crippen molar-refractivity contribution < 1.29 is 33.4 Å². The average Bonchev–Trinajstić information content (AvgIpc) is 3.77. The van der Waals surface area contributed by atoms with Crippen molar-refractivity contribution in [3.05, 3.63) is 76.1 Å². The molecule has 0 spiro atoms. The van der Waals surface area contributed by atoms with Crippen molar-refractivity contribution in [2.24, 2.45) is 16.6 Å². The summed E-state index contributed by atoms with van der Waals surface area (Å²) >= 11 is 6.25. The number of carbonyl (C=O) groups excluding carboxylic acids is 5. The van der Waals surface area contributed by atoms with E-state index in [1.807, 2.05) is 38.4 Å². The third kappa shape index (κ3) is 7.39. The van der Waals surface area contributed by atoms with E-state index in [2.05, 4.69) is 10.00 Å². The van der Waals surface area contributed by atoms with Crippen molar-refractivity contribution in [2.75, 3.05) is 26.2 Å². The van der Waals surface area contributed by atoms with Gasteiger partial charge in [-0.15, -0.1) is 0 Å². The summed E-state index contributed by atoms with van der Waals surface area (Å²) in [5.74, 6) is -1.62. The van der Waals surface area contributed by atoms with Crippen LogP contribution in [0.3, 0.4) is 0 Å². The van der Waals surface area contributed by atoms with Crippen molar-refractivity contribution in [2.45, 2.75) is 96.9 Å². The van der Waals surface area contributed by atoms with Gasteiger partial charge in [0.1, 0.15) is 29.7 Å². The number of aromatic nitrogens is 2. The molecule has 4 heterocycles. The molecule has 4 aliphatic rings. The number of rotatable bonds is 13. The zero-order valence-electron chi connectivity index (χ0n) is 32.7. The lowest BCUT2D eigenvalue weighted by atomic mass is 9.48. The number of hydrogen-bond acceptors (Lipinski definition) is 10. The average molecular weight is 798 g/mol. The minimum Gasteiger partial charge on any atom is -0.494 e. The molecule has 1 aliphatic carbocycles. The molecule has 1 aromatic heterocycles. The molecule has 3 fully saturated rings. The number of benzene rings is 2. The number of likely N-dealkylation sites (tertiary alicyclic amines) is 2. The number of halogens is 1. The Labute approximate surface area is 336 Å². The Bertz CT molecular complexity index is 2130. The third-order valence-electron chi connectivity index (χ3n) is 12.2. The van der Waals surface area contributed by atoms with Crippen LogP contribution in [0, 0.1) is 22.2 Å². The van der Waals surface area contributed by atoms with E-state index in [1.165, 1.54) is 11.1 Å². The lowest BCUT2D eigenvalue weighted by Gasteiger charge is -2.65. The molecule has 3 aliphatic heterocycles. The van der Waals surface area contributed by atoms with Gasteiger partial charge in [0.15, 0.2) is 0 Å². The number of fused-ring (bicyclic) bond motifs is 1. The summed E-state index contributed by atoms with van der Waals surface area (Å²) in [6.45, 7) is 11.0. The quantitative estimate of drug-likeness (QED) is 0.174. The van der Waals surface area contributed by atoms with E-state index in [-0.39, 0.29) is 40.9 Å². The summed E-state index contributed by atoms with van der Waals surface area (Å²) in [5.41, 5.74) is 5.08. The Morgan fingerprint density at radius 3 is 2.30 bits per heavy atom. The van der Waals surface area contributed by atoms with E-state index >= 15 is 0 Å². The molecular formula is C42H48ClN7O7. The van der Waals surface area contributed by atoms with Crippen LogP contribution in [0.4, 0.5) is 0 Å². The van der Waals surface area contributed by atoms with Crippen LogP contribution < -0.4 is 15.2 Å². The van der Waals surface area contributed by atoms with E-state index in [9.17, 15) is 29.2 Å². The summed E-state index contributed by atoms with van der Waals surface area (Å²) in [4.78, 5) is 71.4. The molecular weight excluding hydrogens is 750 g/mol. The number of imide groups is 2. The van der Waals surface area contributed by atoms with Gasteiger partial charge in [0, 0.05) is 42.6 Å². The first kappa shape index (κ1) is 40.0. The standard InChI is InChI=1S/C42H48ClN7O7/c1-41(2)39(42(3,4)40(41)57-29-9-8-25(22-44)32(43)21-29)50-34(51)13-12-33(38(50)55)49-36(53)30-11-10-28(20-31(30)37(49)54)56-19-7-5-6-16-47-17-14-27(15-18-47)48-24-26(23-46-48)35(45)52/h8-11,20-21,23-24,27,33,39-40H,5-7,12-19H2,1-4H3,(H2,45,52). The monoisotopic (exact) mass is 797 g/mol. The number of carbonyl (C=O) groups is 5. The van der Waals surface area contributed by atoms with Crippen LogP contribution in [-0.2, 0) is 9.59 Å². The lowest BCUT2D eigenvalue weighted by Crippen LogP contribution is -2.77. The maximum Gasteiger partial charge on any atom is 0.262 e. The van der Waals surface area contributed by atoms with Gasteiger partial charge in [-0.25, -0.2) is 0 Å². The summed E-state index contributed by atoms with van der Waals surface area (Å²) < 4.78 is 14.2. The minimum atomic E-state index is -1.13. The van der Waals surface area contributed by atoms with Crippen molar-refractivity contribution in [1.82, 2.24) is 24.5 Å². The molecule has 5 amide bonds. The van der Waals surface area contributed by atoms with Gasteiger partial charge in [-0.05, 0) is 75.4 Å². The molecule has 1 unspecified atom stereocenters. The first-order valence-corrected chi connectivity index (χ1v) is 19.9. The van der Waals surface area contributed by atoms with Gasteiger partial charge in [-0.2, -0.15) is 10.4 Å². The van der Waals surface area contributed by atoms with E-state index in [4.69, 9.17) is 26.8 Å². The highest BCUT2D eigenvalue weighted by Crippen LogP contribution is 2.58. The molecule has 7 rings (SSSR count). The molecule has 1 atom stereocenters. The van der Waals surface area contributed by atoms with Crippen LogP contribution >= 0.6 is 11.6 Å². The highest BCUT2D eigenvalue weighted by molar-refractivity contribution is 6.31. The Morgan fingerprint density at radius 2 is 1.63 bits per heavy atom. The Kier molecular flexibility index (Phi) is 10.9. The second kappa shape index (κ2) is 15.6. The van der Waals surface area contributed by atoms with Crippen LogP contribution in [0.5, 0.6) is 11.5 Å². The minimum absolute atomic E-state index is 0.000312. The smallest absolute Gasteiger partial charge is 0.262 e. The van der Waals surface area contributed by atoms with Gasteiger partial charge in [0.25, 0.3) is 23.6 Å². The molecule has 1 saturated carbocycles. The molecule has 2 aromatic carbocycles. The number of ether oxygens (including phenoxy) is 2. The molecule has 0 bridgehead atoms. The number of amides is 5. The number of hydrogen-bond donors (Lipinski definition) is 1. The predicted molar refractivity (Wildman–Crippen MR) is 209 cm³/mol. The third-order valence-corrected chi connectivity index (χ3v) is 12.5. The molecule has 3 aromatic rings. The van der Waals surface area contributed by atoms with E-state index in [0.717, 1.165) is 56.6 Å². The Morgan fingerprint density at radius 1 is 0.930 bits per heavy atom. The molecule has 14 nitrogen and oxygen atoms in total. The number of unbranched alkanes of at least 4 members (excludes halogenated alkanes) is 2. The van der Waals surface area contributed by atoms with Crippen molar-refractivity contribution >= 4 is 41.1 Å². The second-order valence-electron chi connectivity index (χ2n) is 16.7. The predicted octanol–water partition coefficient (Wildman–Crippen LogP) is 5.39. The van der Waals surface area contributed by atoms with E-state index in [1.54, 1.807) is 42.6 Å². The zero-order valence-corrected chi connectivity index (χ0v) is 33.5. The fraction of sp³-hybridized carbons (Fsp3) is 0.500. The summed E-state index contributed by atoms with van der Waals surface area (Å²) in [6.07, 6.45) is 7.55. The van der Waals surface area contributed by atoms with Gasteiger partial charge in [-0.1, -0.05) is 39.3 Å². The maximum atomic E-state index is 14.3. The molecule has 2 saturated heterocycles. The highest BCUT2D eigenvalue weighted by atomic mass is 35.5. The fourth-order valence-electron chi connectivity index (χ4n) is 9.66. The number of nitrogens with zero attached hydrogens (tertiary/aromatic N) is 6. The summed E-state index contributed by atoms with van der Waals surface area (Å²) in [6, 6.07) is 10.2. The second-order valence-corrected chi connectivity index (χ2v) is 17.1. The number of nitriles is 1. The van der Waals surface area contributed by atoms with Crippen LogP contribution in [0.25, 0.3) is 0 Å². The molecule has 57 heavy (non-hydrogen) atoms. The van der Waals surface area contributed by atoms with Gasteiger partial charge < -0.3 is 20.1 Å². The van der Waals surface area contributed by atoms with Crippen LogP contribution in [0.15, 0.2) is 48.8 Å². The Hall–Kier alpha value is -5.26. The SMILES string of the molecule is CC1(C)C(Oc2ccc(C#N)c(Cl)c2)C(C)(C)C1N1C(=O)CCC(N2C(=O)c3ccc(OCCCCCN4CCC(n5cc(C(N)=O)cn5)CC4)cc3C2=O)C1=O.